The molecule has 0 saturated carbocycles. The predicted octanol–water partition coefficient (Wildman–Crippen LogP) is 0.763. The highest BCUT2D eigenvalue weighted by molar-refractivity contribution is 5.82. The van der Waals surface area contributed by atoms with Crippen molar-refractivity contribution in [2.45, 2.75) is 57.7 Å². The van der Waals surface area contributed by atoms with Crippen LogP contribution in [0.1, 0.15) is 39.5 Å². The minimum Gasteiger partial charge on any atom is -0.396 e. The summed E-state index contributed by atoms with van der Waals surface area (Å²) in [5.41, 5.74) is 0. The zero-order chi connectivity index (χ0) is 14.5. The van der Waals surface area contributed by atoms with Gasteiger partial charge in [-0.15, -0.1) is 0 Å². The molecule has 20 heavy (non-hydrogen) atoms. The van der Waals surface area contributed by atoms with E-state index in [-0.39, 0.29) is 30.5 Å². The predicted molar refractivity (Wildman–Crippen MR) is 77.4 cm³/mol. The summed E-state index contributed by atoms with van der Waals surface area (Å²) in [6, 6.07) is 0.517. The number of aliphatic hydroxyl groups is 1. The van der Waals surface area contributed by atoms with Gasteiger partial charge in [-0.1, -0.05) is 6.92 Å². The Morgan fingerprint density at radius 2 is 2.05 bits per heavy atom. The van der Waals surface area contributed by atoms with Crippen LogP contribution in [0.4, 0.5) is 0 Å². The van der Waals surface area contributed by atoms with Gasteiger partial charge in [-0.3, -0.25) is 9.69 Å². The van der Waals surface area contributed by atoms with Crippen molar-refractivity contribution in [2.75, 3.05) is 26.4 Å². The SMILES string of the molecule is CC(CO)C(C)NC(=O)C1CCCN1C1CCOCC1. The van der Waals surface area contributed by atoms with E-state index in [0.717, 1.165) is 45.4 Å². The Labute approximate surface area is 121 Å². The molecule has 5 heteroatoms. The van der Waals surface area contributed by atoms with Crippen LogP contribution in [-0.2, 0) is 9.53 Å². The molecule has 0 aromatic rings. The molecule has 0 bridgehead atoms. The van der Waals surface area contributed by atoms with Gasteiger partial charge in [0.15, 0.2) is 0 Å². The molecular weight excluding hydrogens is 256 g/mol. The van der Waals surface area contributed by atoms with Gasteiger partial charge in [-0.2, -0.15) is 0 Å². The molecule has 2 heterocycles. The highest BCUT2D eigenvalue weighted by Gasteiger charge is 2.36. The maximum absolute atomic E-state index is 12.5. The third-order valence-corrected chi connectivity index (χ3v) is 4.77. The molecule has 2 fully saturated rings. The average Bonchev–Trinajstić information content (AvgIpc) is 2.96. The van der Waals surface area contributed by atoms with Crippen molar-refractivity contribution in [3.05, 3.63) is 0 Å². The average molecular weight is 284 g/mol. The molecule has 0 radical (unpaired) electrons. The van der Waals surface area contributed by atoms with E-state index in [1.54, 1.807) is 0 Å². The Hall–Kier alpha value is -0.650. The van der Waals surface area contributed by atoms with Crippen molar-refractivity contribution < 1.29 is 14.6 Å². The Balaban J connectivity index is 1.90. The Kier molecular flexibility index (Phi) is 5.81. The third-order valence-electron chi connectivity index (χ3n) is 4.77. The number of ether oxygens (including phenoxy) is 1. The van der Waals surface area contributed by atoms with Gasteiger partial charge in [0, 0.05) is 31.9 Å². The van der Waals surface area contributed by atoms with Crippen molar-refractivity contribution in [3.8, 4) is 0 Å². The van der Waals surface area contributed by atoms with Gasteiger partial charge in [-0.05, 0) is 45.1 Å². The van der Waals surface area contributed by atoms with Crippen molar-refractivity contribution in [3.63, 3.8) is 0 Å². The number of hydrogen-bond donors (Lipinski definition) is 2. The summed E-state index contributed by atoms with van der Waals surface area (Å²) < 4.78 is 5.41. The first-order valence-corrected chi connectivity index (χ1v) is 7.88. The van der Waals surface area contributed by atoms with Crippen LogP contribution in [0.2, 0.25) is 0 Å². The lowest BCUT2D eigenvalue weighted by Crippen LogP contribution is -2.52. The first-order chi connectivity index (χ1) is 9.63. The largest absolute Gasteiger partial charge is 0.396 e. The third kappa shape index (κ3) is 3.71. The van der Waals surface area contributed by atoms with E-state index in [2.05, 4.69) is 10.2 Å². The van der Waals surface area contributed by atoms with Crippen LogP contribution in [0.25, 0.3) is 0 Å². The molecule has 2 saturated heterocycles. The molecule has 0 aliphatic carbocycles. The van der Waals surface area contributed by atoms with Crippen molar-refractivity contribution in [1.82, 2.24) is 10.2 Å². The van der Waals surface area contributed by atoms with E-state index in [1.807, 2.05) is 13.8 Å². The van der Waals surface area contributed by atoms with Crippen LogP contribution >= 0.6 is 0 Å². The minimum absolute atomic E-state index is 0.00597. The molecule has 0 spiro atoms. The van der Waals surface area contributed by atoms with Crippen LogP contribution in [0.5, 0.6) is 0 Å². The highest BCUT2D eigenvalue weighted by atomic mass is 16.5. The van der Waals surface area contributed by atoms with E-state index in [0.29, 0.717) is 6.04 Å². The Morgan fingerprint density at radius 1 is 1.35 bits per heavy atom. The first-order valence-electron chi connectivity index (χ1n) is 7.88. The normalized spacial score (nSPS) is 28.2. The molecule has 116 valence electrons. The van der Waals surface area contributed by atoms with Crippen molar-refractivity contribution >= 4 is 5.91 Å². The van der Waals surface area contributed by atoms with Crippen molar-refractivity contribution in [2.24, 2.45) is 5.92 Å². The van der Waals surface area contributed by atoms with Crippen LogP contribution in [0.3, 0.4) is 0 Å². The molecule has 3 atom stereocenters. The maximum atomic E-state index is 12.5. The lowest BCUT2D eigenvalue weighted by Gasteiger charge is -2.35. The summed E-state index contributed by atoms with van der Waals surface area (Å²) in [4.78, 5) is 14.8. The summed E-state index contributed by atoms with van der Waals surface area (Å²) in [5.74, 6) is 0.221. The van der Waals surface area contributed by atoms with Gasteiger partial charge >= 0.3 is 0 Å². The number of rotatable bonds is 5. The molecular formula is C15H28N2O3. The number of nitrogens with zero attached hydrogens (tertiary/aromatic N) is 1. The van der Waals surface area contributed by atoms with Gasteiger partial charge in [-0.25, -0.2) is 0 Å². The number of carbonyl (C=O) groups is 1. The van der Waals surface area contributed by atoms with Gasteiger partial charge < -0.3 is 15.2 Å². The minimum atomic E-state index is 0.00597. The van der Waals surface area contributed by atoms with E-state index < -0.39 is 0 Å². The highest BCUT2D eigenvalue weighted by Crippen LogP contribution is 2.25. The zero-order valence-electron chi connectivity index (χ0n) is 12.7. The molecule has 0 aromatic carbocycles. The van der Waals surface area contributed by atoms with Gasteiger partial charge in [0.25, 0.3) is 0 Å². The number of carbonyl (C=O) groups excluding carboxylic acids is 1. The fraction of sp³-hybridized carbons (Fsp3) is 0.933. The summed E-state index contributed by atoms with van der Waals surface area (Å²) in [6.45, 7) is 6.67. The monoisotopic (exact) mass is 284 g/mol. The van der Waals surface area contributed by atoms with E-state index in [9.17, 15) is 4.79 Å². The van der Waals surface area contributed by atoms with E-state index in [1.165, 1.54) is 0 Å². The summed E-state index contributed by atoms with van der Waals surface area (Å²) in [5, 5.41) is 12.2. The molecule has 1 amide bonds. The standard InChI is InChI=1S/C15H28N2O3/c1-11(10-18)12(2)16-15(19)14-4-3-7-17(14)13-5-8-20-9-6-13/h11-14,18H,3-10H2,1-2H3,(H,16,19). The van der Waals surface area contributed by atoms with Crippen LogP contribution in [0.15, 0.2) is 0 Å². The van der Waals surface area contributed by atoms with Crippen molar-refractivity contribution in [1.29, 1.82) is 0 Å². The number of hydrogen-bond acceptors (Lipinski definition) is 4. The summed E-state index contributed by atoms with van der Waals surface area (Å²) in [7, 11) is 0. The topological polar surface area (TPSA) is 61.8 Å². The van der Waals surface area contributed by atoms with E-state index in [4.69, 9.17) is 9.84 Å². The van der Waals surface area contributed by atoms with Gasteiger partial charge in [0.05, 0.1) is 6.04 Å². The quantitative estimate of drug-likeness (QED) is 0.782. The molecule has 2 aliphatic heterocycles. The first kappa shape index (κ1) is 15.7. The Bertz CT molecular complexity index is 318. The maximum Gasteiger partial charge on any atom is 0.237 e. The smallest absolute Gasteiger partial charge is 0.237 e. The molecule has 3 unspecified atom stereocenters. The molecule has 2 aliphatic rings. The number of nitrogens with one attached hydrogen (secondary N) is 1. The Morgan fingerprint density at radius 3 is 2.70 bits per heavy atom. The number of likely N-dealkylation sites (tertiary alicyclic amines) is 1. The second-order valence-electron chi connectivity index (χ2n) is 6.20. The van der Waals surface area contributed by atoms with Gasteiger partial charge in [0.2, 0.25) is 5.91 Å². The van der Waals surface area contributed by atoms with E-state index >= 15 is 0 Å². The fourth-order valence-corrected chi connectivity index (χ4v) is 3.15. The molecule has 5 nitrogen and oxygen atoms in total. The molecule has 0 aromatic heterocycles. The molecule has 2 N–H and O–H groups in total. The molecule has 2 rings (SSSR count). The van der Waals surface area contributed by atoms with Gasteiger partial charge in [0.1, 0.15) is 0 Å². The number of amides is 1. The van der Waals surface area contributed by atoms with Crippen LogP contribution in [-0.4, -0.2) is 60.4 Å². The van der Waals surface area contributed by atoms with Crippen LogP contribution < -0.4 is 5.32 Å². The second-order valence-corrected chi connectivity index (χ2v) is 6.20. The zero-order valence-corrected chi connectivity index (χ0v) is 12.7. The second kappa shape index (κ2) is 7.38. The summed E-state index contributed by atoms with van der Waals surface area (Å²) in [6.07, 6.45) is 4.11. The fourth-order valence-electron chi connectivity index (χ4n) is 3.15. The lowest BCUT2D eigenvalue weighted by molar-refractivity contribution is -0.128. The number of aliphatic hydroxyl groups excluding tert-OH is 1. The summed E-state index contributed by atoms with van der Waals surface area (Å²) >= 11 is 0. The lowest BCUT2D eigenvalue weighted by atomic mass is 10.0. The van der Waals surface area contributed by atoms with Crippen LogP contribution in [0, 0.1) is 5.92 Å².